The molecule has 1 heterocycles. The number of esters is 1. The molecule has 21 heavy (non-hydrogen) atoms. The fraction of sp³-hybridized carbons (Fsp3) is 0.375. The zero-order chi connectivity index (χ0) is 14.8. The summed E-state index contributed by atoms with van der Waals surface area (Å²) in [5, 5.41) is 0. The quantitative estimate of drug-likeness (QED) is 0.631. The van der Waals surface area contributed by atoms with Crippen molar-refractivity contribution in [1.29, 1.82) is 0 Å². The van der Waals surface area contributed by atoms with Crippen molar-refractivity contribution in [3.05, 3.63) is 29.5 Å². The lowest BCUT2D eigenvalue weighted by Gasteiger charge is -2.23. The van der Waals surface area contributed by atoms with Crippen LogP contribution in [0.3, 0.4) is 0 Å². The van der Waals surface area contributed by atoms with Crippen molar-refractivity contribution >= 4 is 17.9 Å². The predicted molar refractivity (Wildman–Crippen MR) is 78.4 cm³/mol. The summed E-state index contributed by atoms with van der Waals surface area (Å²) in [7, 11) is 3.17. The minimum absolute atomic E-state index is 0.303. The van der Waals surface area contributed by atoms with Crippen LogP contribution in [-0.2, 0) is 9.53 Å². The van der Waals surface area contributed by atoms with E-state index in [4.69, 9.17) is 14.2 Å². The second kappa shape index (κ2) is 5.60. The molecule has 1 aromatic carbocycles. The molecule has 0 unspecified atom stereocenters. The van der Waals surface area contributed by atoms with Gasteiger partial charge in [0.2, 0.25) is 5.90 Å². The third-order valence-electron chi connectivity index (χ3n) is 3.82. The number of carbonyl (C=O) groups excluding carboxylic acids is 1. The Bertz CT molecular complexity index is 629. The van der Waals surface area contributed by atoms with Gasteiger partial charge in [0.15, 0.2) is 5.70 Å². The van der Waals surface area contributed by atoms with Crippen molar-refractivity contribution < 1.29 is 19.0 Å². The van der Waals surface area contributed by atoms with E-state index < -0.39 is 5.97 Å². The number of methoxy groups -OCH3 is 2. The van der Waals surface area contributed by atoms with Crippen LogP contribution in [0, 0.1) is 5.92 Å². The largest absolute Gasteiger partial charge is 0.497 e. The Labute approximate surface area is 123 Å². The summed E-state index contributed by atoms with van der Waals surface area (Å²) >= 11 is 0. The first kappa shape index (κ1) is 13.7. The molecule has 0 radical (unpaired) electrons. The van der Waals surface area contributed by atoms with E-state index in [1.165, 1.54) is 6.42 Å². The molecule has 3 rings (SSSR count). The standard InChI is InChI=1S/C16H17NO4/c1-19-12-7-6-11(14(9-12)20-2)8-13-16(18)21-15(17-13)10-4-3-5-10/h6-10H,3-5H2,1-2H3/b13-8+. The van der Waals surface area contributed by atoms with Crippen molar-refractivity contribution in [1.82, 2.24) is 0 Å². The molecule has 0 bridgehead atoms. The van der Waals surface area contributed by atoms with Gasteiger partial charge in [0.25, 0.3) is 0 Å². The van der Waals surface area contributed by atoms with Gasteiger partial charge in [-0.05, 0) is 31.1 Å². The second-order valence-corrected chi connectivity index (χ2v) is 5.10. The molecule has 0 spiro atoms. The van der Waals surface area contributed by atoms with E-state index in [1.54, 1.807) is 26.4 Å². The fourth-order valence-corrected chi connectivity index (χ4v) is 2.34. The Hall–Kier alpha value is -2.30. The first-order valence-electron chi connectivity index (χ1n) is 6.95. The molecule has 1 aromatic rings. The Kier molecular flexibility index (Phi) is 3.64. The van der Waals surface area contributed by atoms with Crippen LogP contribution in [0.4, 0.5) is 0 Å². The number of hydrogen-bond donors (Lipinski definition) is 0. The van der Waals surface area contributed by atoms with Gasteiger partial charge in [-0.1, -0.05) is 6.42 Å². The number of benzene rings is 1. The molecule has 1 fully saturated rings. The van der Waals surface area contributed by atoms with Crippen LogP contribution < -0.4 is 9.47 Å². The van der Waals surface area contributed by atoms with Crippen LogP contribution >= 0.6 is 0 Å². The van der Waals surface area contributed by atoms with Gasteiger partial charge in [0, 0.05) is 17.5 Å². The van der Waals surface area contributed by atoms with Gasteiger partial charge in [-0.25, -0.2) is 9.79 Å². The van der Waals surface area contributed by atoms with Crippen LogP contribution in [0.1, 0.15) is 24.8 Å². The van der Waals surface area contributed by atoms with E-state index in [-0.39, 0.29) is 0 Å². The summed E-state index contributed by atoms with van der Waals surface area (Å²) in [5.41, 5.74) is 1.09. The number of hydrogen-bond acceptors (Lipinski definition) is 5. The van der Waals surface area contributed by atoms with Crippen molar-refractivity contribution in [3.8, 4) is 11.5 Å². The van der Waals surface area contributed by atoms with E-state index in [0.717, 1.165) is 18.4 Å². The summed E-state index contributed by atoms with van der Waals surface area (Å²) in [6, 6.07) is 5.41. The van der Waals surface area contributed by atoms with Crippen LogP contribution in [0.15, 0.2) is 28.9 Å². The highest BCUT2D eigenvalue weighted by molar-refractivity contribution is 6.08. The molecular formula is C16H17NO4. The molecule has 1 aliphatic carbocycles. The minimum Gasteiger partial charge on any atom is -0.497 e. The number of aliphatic imine (C=N–C) groups is 1. The number of carbonyl (C=O) groups is 1. The van der Waals surface area contributed by atoms with E-state index in [9.17, 15) is 4.79 Å². The van der Waals surface area contributed by atoms with Crippen LogP contribution in [-0.4, -0.2) is 26.1 Å². The smallest absolute Gasteiger partial charge is 0.363 e. The zero-order valence-corrected chi connectivity index (χ0v) is 12.1. The van der Waals surface area contributed by atoms with Crippen molar-refractivity contribution in [2.24, 2.45) is 10.9 Å². The molecule has 0 amide bonds. The first-order chi connectivity index (χ1) is 10.2. The average molecular weight is 287 g/mol. The van der Waals surface area contributed by atoms with Crippen molar-refractivity contribution in [2.75, 3.05) is 14.2 Å². The molecule has 0 saturated heterocycles. The topological polar surface area (TPSA) is 57.1 Å². The van der Waals surface area contributed by atoms with E-state index in [2.05, 4.69) is 4.99 Å². The van der Waals surface area contributed by atoms with Crippen LogP contribution in [0.2, 0.25) is 0 Å². The molecule has 1 aliphatic heterocycles. The highest BCUT2D eigenvalue weighted by Crippen LogP contribution is 2.33. The zero-order valence-electron chi connectivity index (χ0n) is 12.1. The second-order valence-electron chi connectivity index (χ2n) is 5.10. The third kappa shape index (κ3) is 2.63. The van der Waals surface area contributed by atoms with E-state index >= 15 is 0 Å². The average Bonchev–Trinajstić information content (AvgIpc) is 2.78. The molecule has 5 nitrogen and oxygen atoms in total. The molecule has 5 heteroatoms. The van der Waals surface area contributed by atoms with Gasteiger partial charge in [0.05, 0.1) is 14.2 Å². The monoisotopic (exact) mass is 287 g/mol. The van der Waals surface area contributed by atoms with Crippen LogP contribution in [0.5, 0.6) is 11.5 Å². The number of rotatable bonds is 4. The van der Waals surface area contributed by atoms with Crippen LogP contribution in [0.25, 0.3) is 6.08 Å². The van der Waals surface area contributed by atoms with Crippen molar-refractivity contribution in [3.63, 3.8) is 0 Å². The van der Waals surface area contributed by atoms with Gasteiger partial charge in [0.1, 0.15) is 11.5 Å². The maximum atomic E-state index is 11.9. The van der Waals surface area contributed by atoms with Gasteiger partial charge < -0.3 is 14.2 Å². The molecule has 0 aromatic heterocycles. The summed E-state index contributed by atoms with van der Waals surface area (Å²) in [6.07, 6.45) is 4.95. The summed E-state index contributed by atoms with van der Waals surface area (Å²) in [5.74, 6) is 1.79. The van der Waals surface area contributed by atoms with E-state index in [1.807, 2.05) is 12.1 Å². The molecule has 1 saturated carbocycles. The number of nitrogens with zero attached hydrogens (tertiary/aromatic N) is 1. The first-order valence-corrected chi connectivity index (χ1v) is 6.95. The molecule has 2 aliphatic rings. The summed E-state index contributed by atoms with van der Waals surface area (Å²) in [4.78, 5) is 16.2. The van der Waals surface area contributed by atoms with Gasteiger partial charge in [-0.3, -0.25) is 0 Å². The maximum absolute atomic E-state index is 11.9. The predicted octanol–water partition coefficient (Wildman–Crippen LogP) is 2.80. The molecular weight excluding hydrogens is 270 g/mol. The lowest BCUT2D eigenvalue weighted by atomic mass is 9.85. The maximum Gasteiger partial charge on any atom is 0.363 e. The lowest BCUT2D eigenvalue weighted by Crippen LogP contribution is -2.22. The summed E-state index contributed by atoms with van der Waals surface area (Å²) in [6.45, 7) is 0. The Balaban J connectivity index is 1.90. The number of ether oxygens (including phenoxy) is 3. The highest BCUT2D eigenvalue weighted by Gasteiger charge is 2.32. The molecule has 110 valence electrons. The van der Waals surface area contributed by atoms with Gasteiger partial charge >= 0.3 is 5.97 Å². The highest BCUT2D eigenvalue weighted by atomic mass is 16.6. The SMILES string of the molecule is COc1ccc(/C=C2/N=C(C3CCC3)OC2=O)c(OC)c1. The third-order valence-corrected chi connectivity index (χ3v) is 3.82. The van der Waals surface area contributed by atoms with Gasteiger partial charge in [-0.15, -0.1) is 0 Å². The van der Waals surface area contributed by atoms with Crippen molar-refractivity contribution in [2.45, 2.75) is 19.3 Å². The fourth-order valence-electron chi connectivity index (χ4n) is 2.34. The van der Waals surface area contributed by atoms with E-state index in [0.29, 0.717) is 29.0 Å². The van der Waals surface area contributed by atoms with Gasteiger partial charge in [-0.2, -0.15) is 0 Å². The number of cyclic esters (lactones) is 1. The minimum atomic E-state index is -0.394. The Morgan fingerprint density at radius 2 is 2.10 bits per heavy atom. The Morgan fingerprint density at radius 1 is 1.29 bits per heavy atom. The lowest BCUT2D eigenvalue weighted by molar-refractivity contribution is -0.130. The molecule has 0 atom stereocenters. The Morgan fingerprint density at radius 3 is 2.71 bits per heavy atom. The summed E-state index contributed by atoms with van der Waals surface area (Å²) < 4.78 is 15.7. The molecule has 0 N–H and O–H groups in total. The normalized spacial score (nSPS) is 20.0.